The summed E-state index contributed by atoms with van der Waals surface area (Å²) in [6.45, 7) is 3.85. The molecule has 216 valence electrons. The average Bonchev–Trinajstić information content (AvgIpc) is 3.49. The zero-order valence-electron chi connectivity index (χ0n) is 23.7. The second kappa shape index (κ2) is 13.6. The highest BCUT2D eigenvalue weighted by Gasteiger charge is 2.15. The van der Waals surface area contributed by atoms with E-state index < -0.39 is 10.0 Å². The van der Waals surface area contributed by atoms with Crippen LogP contribution in [0.1, 0.15) is 22.3 Å². The van der Waals surface area contributed by atoms with E-state index in [1.807, 2.05) is 73.7 Å². The van der Waals surface area contributed by atoms with Gasteiger partial charge in [-0.1, -0.05) is 54.6 Å². The van der Waals surface area contributed by atoms with Crippen molar-refractivity contribution in [2.45, 2.75) is 26.4 Å². The third kappa shape index (κ3) is 8.38. The van der Waals surface area contributed by atoms with E-state index in [1.54, 1.807) is 17.4 Å². The van der Waals surface area contributed by atoms with Crippen molar-refractivity contribution in [1.82, 2.24) is 0 Å². The fourth-order valence-electron chi connectivity index (χ4n) is 4.67. The zero-order chi connectivity index (χ0) is 29.4. The molecular weight excluding hydrogens is 565 g/mol. The molecule has 42 heavy (non-hydrogen) atoms. The molecule has 0 spiro atoms. The number of rotatable bonds is 13. The lowest BCUT2D eigenvalue weighted by Crippen LogP contribution is -2.23. The highest BCUT2D eigenvalue weighted by molar-refractivity contribution is 7.92. The van der Waals surface area contributed by atoms with Gasteiger partial charge in [0.15, 0.2) is 0 Å². The van der Waals surface area contributed by atoms with Crippen molar-refractivity contribution in [3.05, 3.63) is 136 Å². The number of thiophene rings is 1. The van der Waals surface area contributed by atoms with Crippen molar-refractivity contribution in [2.24, 2.45) is 0 Å². The van der Waals surface area contributed by atoms with E-state index in [9.17, 15) is 8.42 Å². The van der Waals surface area contributed by atoms with Crippen molar-refractivity contribution in [1.29, 1.82) is 0 Å². The molecule has 6 nitrogen and oxygen atoms in total. The largest absolute Gasteiger partial charge is 0.493 e. The molecule has 0 atom stereocenters. The van der Waals surface area contributed by atoms with Crippen molar-refractivity contribution < 1.29 is 17.9 Å². The van der Waals surface area contributed by atoms with E-state index in [2.05, 4.69) is 50.7 Å². The van der Waals surface area contributed by atoms with Crippen LogP contribution >= 0.6 is 11.3 Å². The minimum atomic E-state index is -3.40. The quantitative estimate of drug-likeness (QED) is 0.149. The third-order valence-corrected chi connectivity index (χ3v) is 8.06. The lowest BCUT2D eigenvalue weighted by atomic mass is 10.1. The normalized spacial score (nSPS) is 11.2. The maximum Gasteiger partial charge on any atom is 0.229 e. The van der Waals surface area contributed by atoms with Crippen LogP contribution in [0.3, 0.4) is 0 Å². The van der Waals surface area contributed by atoms with Crippen LogP contribution in [-0.4, -0.2) is 21.3 Å². The highest BCUT2D eigenvalue weighted by atomic mass is 32.2. The van der Waals surface area contributed by atoms with Crippen LogP contribution in [0, 0.1) is 6.92 Å². The van der Waals surface area contributed by atoms with Gasteiger partial charge in [0.2, 0.25) is 10.0 Å². The fraction of sp³-hybridized carbons (Fsp3) is 0.176. The number of anilines is 2. The molecule has 1 N–H and O–H groups in total. The molecule has 0 saturated carbocycles. The first kappa shape index (κ1) is 29.2. The third-order valence-electron chi connectivity index (χ3n) is 6.74. The first-order chi connectivity index (χ1) is 20.3. The Morgan fingerprint density at radius 3 is 2.19 bits per heavy atom. The molecule has 0 aliphatic carbocycles. The maximum atomic E-state index is 11.9. The number of nitrogens with one attached hydrogen (secondary N) is 1. The smallest absolute Gasteiger partial charge is 0.229 e. The number of ether oxygens (including phenoxy) is 2. The number of sulfonamides is 1. The lowest BCUT2D eigenvalue weighted by molar-refractivity contribution is 0.320. The number of benzene rings is 4. The molecule has 0 aliphatic heterocycles. The van der Waals surface area contributed by atoms with E-state index in [0.29, 0.717) is 31.1 Å². The summed E-state index contributed by atoms with van der Waals surface area (Å²) in [5.74, 6) is 2.23. The number of nitrogens with zero attached hydrogens (tertiary/aromatic N) is 1. The molecule has 0 saturated heterocycles. The van der Waals surface area contributed by atoms with Crippen molar-refractivity contribution in [3.63, 3.8) is 0 Å². The standard InChI is InChI=1S/C34H34N2O4S2/c1-26-33(35-42(2,37)38)12-7-13-34(26)36(23-27-8-4-3-5-9-27)24-28-14-16-30(17-15-28)40-32-11-6-10-31(22-32)39-20-18-29-19-21-41-25-29/h3-17,19,21-22,25,35H,18,20,23-24H2,1-2H3. The van der Waals surface area contributed by atoms with E-state index in [-0.39, 0.29) is 0 Å². The summed E-state index contributed by atoms with van der Waals surface area (Å²) in [5.41, 5.74) is 5.96. The summed E-state index contributed by atoms with van der Waals surface area (Å²) in [4.78, 5) is 2.25. The molecule has 0 radical (unpaired) electrons. The predicted molar refractivity (Wildman–Crippen MR) is 172 cm³/mol. The summed E-state index contributed by atoms with van der Waals surface area (Å²) in [6, 6.07) is 33.8. The van der Waals surface area contributed by atoms with E-state index in [1.165, 1.54) is 11.8 Å². The van der Waals surface area contributed by atoms with E-state index in [4.69, 9.17) is 9.47 Å². The molecule has 8 heteroatoms. The summed E-state index contributed by atoms with van der Waals surface area (Å²) < 4.78 is 38.6. The van der Waals surface area contributed by atoms with E-state index >= 15 is 0 Å². The highest BCUT2D eigenvalue weighted by Crippen LogP contribution is 2.31. The fourth-order valence-corrected chi connectivity index (χ4v) is 6.00. The second-order valence-electron chi connectivity index (χ2n) is 10.1. The molecule has 5 rings (SSSR count). The summed E-state index contributed by atoms with van der Waals surface area (Å²) in [5, 5.41) is 4.22. The van der Waals surface area contributed by atoms with Crippen LogP contribution in [0.5, 0.6) is 17.2 Å². The second-order valence-corrected chi connectivity index (χ2v) is 12.6. The van der Waals surface area contributed by atoms with Gasteiger partial charge in [-0.2, -0.15) is 11.3 Å². The molecular formula is C34H34N2O4S2. The Hall–Kier alpha value is -4.27. The molecule has 5 aromatic rings. The van der Waals surface area contributed by atoms with Gasteiger partial charge in [-0.15, -0.1) is 0 Å². The lowest BCUT2D eigenvalue weighted by Gasteiger charge is -2.28. The average molecular weight is 599 g/mol. The van der Waals surface area contributed by atoms with E-state index in [0.717, 1.165) is 40.3 Å². The Morgan fingerprint density at radius 2 is 1.48 bits per heavy atom. The van der Waals surface area contributed by atoms with Gasteiger partial charge in [0, 0.05) is 31.3 Å². The van der Waals surface area contributed by atoms with Crippen LogP contribution in [0.15, 0.2) is 114 Å². The molecule has 0 bridgehead atoms. The molecule has 0 aliphatic rings. The van der Waals surface area contributed by atoms with Gasteiger partial charge in [0.1, 0.15) is 17.2 Å². The van der Waals surface area contributed by atoms with Gasteiger partial charge >= 0.3 is 0 Å². The molecule has 0 amide bonds. The van der Waals surface area contributed by atoms with Gasteiger partial charge in [-0.05, 0) is 82.4 Å². The Morgan fingerprint density at radius 1 is 0.762 bits per heavy atom. The molecule has 0 unspecified atom stereocenters. The molecule has 4 aromatic carbocycles. The van der Waals surface area contributed by atoms with Gasteiger partial charge in [0.05, 0.1) is 18.6 Å². The Balaban J connectivity index is 1.29. The van der Waals surface area contributed by atoms with Crippen LogP contribution in [0.2, 0.25) is 0 Å². The first-order valence-electron chi connectivity index (χ1n) is 13.7. The summed E-state index contributed by atoms with van der Waals surface area (Å²) in [7, 11) is -3.40. The molecule has 0 fully saturated rings. The summed E-state index contributed by atoms with van der Waals surface area (Å²) in [6.07, 6.45) is 2.04. The number of hydrogen-bond donors (Lipinski definition) is 1. The molecule has 1 aromatic heterocycles. The van der Waals surface area contributed by atoms with Gasteiger partial charge in [-0.25, -0.2) is 8.42 Å². The van der Waals surface area contributed by atoms with Crippen LogP contribution < -0.4 is 19.1 Å². The summed E-state index contributed by atoms with van der Waals surface area (Å²) >= 11 is 1.69. The monoisotopic (exact) mass is 598 g/mol. The Labute approximate surface area is 252 Å². The topological polar surface area (TPSA) is 67.9 Å². The van der Waals surface area contributed by atoms with Crippen LogP contribution in [-0.2, 0) is 29.5 Å². The predicted octanol–water partition coefficient (Wildman–Crippen LogP) is 8.05. The van der Waals surface area contributed by atoms with Crippen LogP contribution in [0.4, 0.5) is 11.4 Å². The minimum absolute atomic E-state index is 0.578. The van der Waals surface area contributed by atoms with Crippen molar-refractivity contribution in [2.75, 3.05) is 22.5 Å². The van der Waals surface area contributed by atoms with Crippen LogP contribution in [0.25, 0.3) is 0 Å². The van der Waals surface area contributed by atoms with Gasteiger partial charge in [0.25, 0.3) is 0 Å². The Kier molecular flexibility index (Phi) is 9.46. The Bertz CT molecular complexity index is 1690. The maximum absolute atomic E-state index is 11.9. The molecule has 1 heterocycles. The van der Waals surface area contributed by atoms with Crippen molar-refractivity contribution in [3.8, 4) is 17.2 Å². The first-order valence-corrected chi connectivity index (χ1v) is 16.5. The van der Waals surface area contributed by atoms with Gasteiger partial charge < -0.3 is 14.4 Å². The SMILES string of the molecule is Cc1c(NS(C)(=O)=O)cccc1N(Cc1ccccc1)Cc1ccc(Oc2cccc(OCCc3ccsc3)c2)cc1. The number of hydrogen-bond acceptors (Lipinski definition) is 6. The van der Waals surface area contributed by atoms with Gasteiger partial charge in [-0.3, -0.25) is 4.72 Å². The van der Waals surface area contributed by atoms with Crippen molar-refractivity contribution >= 4 is 32.7 Å². The zero-order valence-corrected chi connectivity index (χ0v) is 25.3. The minimum Gasteiger partial charge on any atom is -0.493 e.